The quantitative estimate of drug-likeness (QED) is 0.882. The van der Waals surface area contributed by atoms with Crippen LogP contribution in [0.2, 0.25) is 0 Å². The summed E-state index contributed by atoms with van der Waals surface area (Å²) in [7, 11) is 1.68. The zero-order chi connectivity index (χ0) is 17.7. The first-order chi connectivity index (χ1) is 11.4. The normalized spacial score (nSPS) is 10.5. The van der Waals surface area contributed by atoms with Gasteiger partial charge in [-0.05, 0) is 43.7 Å². The minimum absolute atomic E-state index is 0.0819. The minimum Gasteiger partial charge on any atom is -0.491 e. The fourth-order valence-corrected chi connectivity index (χ4v) is 2.20. The van der Waals surface area contributed by atoms with Gasteiger partial charge in [-0.2, -0.15) is 0 Å². The molecule has 2 aromatic rings. The number of aromatic carboxylic acids is 1. The highest BCUT2D eigenvalue weighted by molar-refractivity contribution is 5.94. The van der Waals surface area contributed by atoms with E-state index in [0.717, 1.165) is 11.3 Å². The number of carboxylic acid groups (broad SMARTS) is 1. The van der Waals surface area contributed by atoms with E-state index < -0.39 is 5.97 Å². The Balaban J connectivity index is 2.07. The van der Waals surface area contributed by atoms with E-state index in [1.165, 1.54) is 18.3 Å². The van der Waals surface area contributed by atoms with Gasteiger partial charge in [-0.15, -0.1) is 0 Å². The molecule has 6 nitrogen and oxygen atoms in total. The molecule has 1 amide bonds. The van der Waals surface area contributed by atoms with Crippen LogP contribution in [0.15, 0.2) is 42.6 Å². The zero-order valence-electron chi connectivity index (χ0n) is 13.9. The Hall–Kier alpha value is -2.89. The Kier molecular flexibility index (Phi) is 5.52. The molecule has 0 saturated heterocycles. The van der Waals surface area contributed by atoms with Crippen LogP contribution in [-0.2, 0) is 6.54 Å². The van der Waals surface area contributed by atoms with E-state index >= 15 is 0 Å². The van der Waals surface area contributed by atoms with Crippen LogP contribution in [-0.4, -0.2) is 40.0 Å². The lowest BCUT2D eigenvalue weighted by Gasteiger charge is -2.18. The topological polar surface area (TPSA) is 79.7 Å². The summed E-state index contributed by atoms with van der Waals surface area (Å²) in [5.74, 6) is -0.588. The number of carboxylic acids is 1. The summed E-state index contributed by atoms with van der Waals surface area (Å²) in [6, 6.07) is 10.4. The molecule has 1 N–H and O–H groups in total. The molecule has 126 valence electrons. The summed E-state index contributed by atoms with van der Waals surface area (Å²) in [5.41, 5.74) is 1.20. The van der Waals surface area contributed by atoms with Crippen molar-refractivity contribution in [1.29, 1.82) is 0 Å². The van der Waals surface area contributed by atoms with Crippen LogP contribution in [0, 0.1) is 0 Å². The van der Waals surface area contributed by atoms with Crippen LogP contribution in [0.3, 0.4) is 0 Å². The molecular weight excluding hydrogens is 308 g/mol. The SMILES string of the molecule is CC(C)Oc1cccc(CN(C)C(=O)c2ccc(C(=O)O)nc2)c1. The minimum atomic E-state index is -1.12. The van der Waals surface area contributed by atoms with Gasteiger partial charge in [0.25, 0.3) is 5.91 Å². The summed E-state index contributed by atoms with van der Waals surface area (Å²) in [4.78, 5) is 28.5. The van der Waals surface area contributed by atoms with Crippen LogP contribution in [0.4, 0.5) is 0 Å². The molecule has 0 bridgehead atoms. The number of aromatic nitrogens is 1. The summed E-state index contributed by atoms with van der Waals surface area (Å²) in [5, 5.41) is 8.84. The Morgan fingerprint density at radius 3 is 2.58 bits per heavy atom. The highest BCUT2D eigenvalue weighted by Gasteiger charge is 2.14. The zero-order valence-corrected chi connectivity index (χ0v) is 13.9. The Morgan fingerprint density at radius 2 is 2.00 bits per heavy atom. The predicted octanol–water partition coefficient (Wildman–Crippen LogP) is 2.84. The number of hydrogen-bond acceptors (Lipinski definition) is 4. The Bertz CT molecular complexity index is 726. The fraction of sp³-hybridized carbons (Fsp3) is 0.278. The first-order valence-electron chi connectivity index (χ1n) is 7.57. The molecule has 0 unspecified atom stereocenters. The number of rotatable bonds is 6. The van der Waals surface area contributed by atoms with Crippen LogP contribution in [0.1, 0.15) is 40.3 Å². The first kappa shape index (κ1) is 17.5. The number of pyridine rings is 1. The molecule has 0 aliphatic rings. The van der Waals surface area contributed by atoms with Gasteiger partial charge in [0, 0.05) is 19.8 Å². The third kappa shape index (κ3) is 4.55. The van der Waals surface area contributed by atoms with Crippen molar-refractivity contribution in [1.82, 2.24) is 9.88 Å². The van der Waals surface area contributed by atoms with Gasteiger partial charge in [0.15, 0.2) is 0 Å². The second kappa shape index (κ2) is 7.59. The van der Waals surface area contributed by atoms with Crippen molar-refractivity contribution < 1.29 is 19.4 Å². The molecule has 0 aliphatic carbocycles. The highest BCUT2D eigenvalue weighted by atomic mass is 16.5. The number of hydrogen-bond donors (Lipinski definition) is 1. The van der Waals surface area contributed by atoms with Crippen LogP contribution in [0.25, 0.3) is 0 Å². The summed E-state index contributed by atoms with van der Waals surface area (Å²) >= 11 is 0. The van der Waals surface area contributed by atoms with E-state index in [2.05, 4.69) is 4.98 Å². The molecule has 0 saturated carbocycles. The lowest BCUT2D eigenvalue weighted by Crippen LogP contribution is -2.26. The van der Waals surface area contributed by atoms with E-state index in [4.69, 9.17) is 9.84 Å². The number of benzene rings is 1. The maximum Gasteiger partial charge on any atom is 0.354 e. The number of ether oxygens (including phenoxy) is 1. The summed E-state index contributed by atoms with van der Waals surface area (Å²) in [6.45, 7) is 4.32. The molecule has 0 atom stereocenters. The molecule has 2 rings (SSSR count). The summed E-state index contributed by atoms with van der Waals surface area (Å²) in [6.07, 6.45) is 1.36. The second-order valence-corrected chi connectivity index (χ2v) is 5.71. The number of amides is 1. The molecule has 1 aromatic heterocycles. The molecule has 6 heteroatoms. The molecule has 1 heterocycles. The fourth-order valence-electron chi connectivity index (χ4n) is 2.20. The lowest BCUT2D eigenvalue weighted by atomic mass is 10.2. The third-order valence-corrected chi connectivity index (χ3v) is 3.27. The van der Waals surface area contributed by atoms with E-state index in [1.807, 2.05) is 38.1 Å². The summed E-state index contributed by atoms with van der Waals surface area (Å²) < 4.78 is 5.65. The van der Waals surface area contributed by atoms with Crippen LogP contribution < -0.4 is 4.74 Å². The Morgan fingerprint density at radius 1 is 1.25 bits per heavy atom. The van der Waals surface area contributed by atoms with Gasteiger partial charge in [0.1, 0.15) is 11.4 Å². The maximum absolute atomic E-state index is 12.4. The molecule has 0 spiro atoms. The standard InChI is InChI=1S/C18H20N2O4/c1-12(2)24-15-6-4-5-13(9-15)11-20(3)17(21)14-7-8-16(18(22)23)19-10-14/h4-10,12H,11H2,1-3H3,(H,22,23). The maximum atomic E-state index is 12.4. The largest absolute Gasteiger partial charge is 0.491 e. The Labute approximate surface area is 140 Å². The van der Waals surface area contributed by atoms with Gasteiger partial charge in [0.05, 0.1) is 11.7 Å². The number of carbonyl (C=O) groups is 2. The van der Waals surface area contributed by atoms with Crippen molar-refractivity contribution in [2.75, 3.05) is 7.05 Å². The average Bonchev–Trinajstić information content (AvgIpc) is 2.54. The molecule has 0 aliphatic heterocycles. The number of nitrogens with zero attached hydrogens (tertiary/aromatic N) is 2. The van der Waals surface area contributed by atoms with Crippen molar-refractivity contribution in [2.24, 2.45) is 0 Å². The van der Waals surface area contributed by atoms with E-state index in [9.17, 15) is 9.59 Å². The van der Waals surface area contributed by atoms with Gasteiger partial charge < -0.3 is 14.7 Å². The van der Waals surface area contributed by atoms with Gasteiger partial charge in [-0.3, -0.25) is 4.79 Å². The lowest BCUT2D eigenvalue weighted by molar-refractivity contribution is 0.0688. The predicted molar refractivity (Wildman–Crippen MR) is 89.2 cm³/mol. The van der Waals surface area contributed by atoms with Crippen molar-refractivity contribution >= 4 is 11.9 Å². The highest BCUT2D eigenvalue weighted by Crippen LogP contribution is 2.17. The van der Waals surface area contributed by atoms with Gasteiger partial charge >= 0.3 is 5.97 Å². The molecular formula is C18H20N2O4. The van der Waals surface area contributed by atoms with Crippen molar-refractivity contribution in [3.63, 3.8) is 0 Å². The van der Waals surface area contributed by atoms with E-state index in [1.54, 1.807) is 11.9 Å². The molecule has 24 heavy (non-hydrogen) atoms. The van der Waals surface area contributed by atoms with Gasteiger partial charge in [0.2, 0.25) is 0 Å². The van der Waals surface area contributed by atoms with E-state index in [-0.39, 0.29) is 17.7 Å². The third-order valence-electron chi connectivity index (χ3n) is 3.27. The molecule has 0 radical (unpaired) electrons. The van der Waals surface area contributed by atoms with E-state index in [0.29, 0.717) is 12.1 Å². The molecule has 1 aromatic carbocycles. The van der Waals surface area contributed by atoms with Gasteiger partial charge in [-0.1, -0.05) is 12.1 Å². The second-order valence-electron chi connectivity index (χ2n) is 5.71. The van der Waals surface area contributed by atoms with Crippen LogP contribution >= 0.6 is 0 Å². The average molecular weight is 328 g/mol. The van der Waals surface area contributed by atoms with Crippen molar-refractivity contribution in [3.8, 4) is 5.75 Å². The van der Waals surface area contributed by atoms with Crippen molar-refractivity contribution in [3.05, 3.63) is 59.4 Å². The number of carbonyl (C=O) groups excluding carboxylic acids is 1. The first-order valence-corrected chi connectivity index (χ1v) is 7.57. The smallest absolute Gasteiger partial charge is 0.354 e. The van der Waals surface area contributed by atoms with Gasteiger partial charge in [-0.25, -0.2) is 9.78 Å². The monoisotopic (exact) mass is 328 g/mol. The van der Waals surface area contributed by atoms with Crippen molar-refractivity contribution in [2.45, 2.75) is 26.5 Å². The van der Waals surface area contributed by atoms with Crippen LogP contribution in [0.5, 0.6) is 5.75 Å². The molecule has 0 fully saturated rings.